The van der Waals surface area contributed by atoms with Crippen LogP contribution in [0.15, 0.2) is 0 Å². The number of rotatable bonds is 6. The topological polar surface area (TPSA) is 65.4 Å². The first-order chi connectivity index (χ1) is 6.63. The molecule has 0 aliphatic rings. The summed E-state index contributed by atoms with van der Waals surface area (Å²) in [5, 5.41) is 11.1. The zero-order chi connectivity index (χ0) is 11.0. The maximum atomic E-state index is 11.4. The van der Waals surface area contributed by atoms with Crippen LogP contribution in [-0.2, 0) is 9.53 Å². The van der Waals surface area contributed by atoms with Crippen LogP contribution in [0.2, 0.25) is 0 Å². The highest BCUT2D eigenvalue weighted by Crippen LogP contribution is 1.93. The number of carbonyl (C=O) groups is 1. The minimum absolute atomic E-state index is 0.0835. The van der Waals surface area contributed by atoms with Crippen molar-refractivity contribution < 1.29 is 9.53 Å². The van der Waals surface area contributed by atoms with E-state index in [-0.39, 0.29) is 18.5 Å². The van der Waals surface area contributed by atoms with Crippen molar-refractivity contribution >= 4 is 5.91 Å². The van der Waals surface area contributed by atoms with E-state index in [4.69, 9.17) is 10.00 Å². The van der Waals surface area contributed by atoms with Crippen molar-refractivity contribution in [1.82, 2.24) is 10.2 Å². The van der Waals surface area contributed by atoms with E-state index in [2.05, 4.69) is 5.32 Å². The second kappa shape index (κ2) is 7.30. The second-order valence-corrected chi connectivity index (χ2v) is 3.03. The Labute approximate surface area is 84.6 Å². The van der Waals surface area contributed by atoms with Crippen molar-refractivity contribution in [3.8, 4) is 6.07 Å². The van der Waals surface area contributed by atoms with Gasteiger partial charge in [0.25, 0.3) is 0 Å². The normalized spacial score (nSPS) is 12.2. The Bertz CT molecular complexity index is 213. The van der Waals surface area contributed by atoms with E-state index in [1.54, 1.807) is 26.0 Å². The lowest BCUT2D eigenvalue weighted by Crippen LogP contribution is -2.44. The molecular formula is C9H17N3O2. The molecule has 0 radical (unpaired) electrons. The number of amides is 1. The van der Waals surface area contributed by atoms with E-state index in [0.717, 1.165) is 0 Å². The maximum absolute atomic E-state index is 11.4. The molecule has 0 bridgehead atoms. The minimum Gasteiger partial charge on any atom is -0.383 e. The molecule has 0 aromatic rings. The van der Waals surface area contributed by atoms with Crippen molar-refractivity contribution in [2.45, 2.75) is 13.0 Å². The van der Waals surface area contributed by atoms with Gasteiger partial charge in [-0.25, -0.2) is 0 Å². The van der Waals surface area contributed by atoms with Crippen LogP contribution in [0.1, 0.15) is 6.92 Å². The zero-order valence-corrected chi connectivity index (χ0v) is 8.91. The van der Waals surface area contributed by atoms with E-state index in [9.17, 15) is 4.79 Å². The first-order valence-electron chi connectivity index (χ1n) is 4.47. The van der Waals surface area contributed by atoms with Crippen molar-refractivity contribution in [2.24, 2.45) is 0 Å². The molecule has 0 aromatic heterocycles. The smallest absolute Gasteiger partial charge is 0.237 e. The van der Waals surface area contributed by atoms with Crippen LogP contribution in [0, 0.1) is 11.3 Å². The largest absolute Gasteiger partial charge is 0.383 e. The predicted molar refractivity (Wildman–Crippen MR) is 52.6 cm³/mol. The van der Waals surface area contributed by atoms with Gasteiger partial charge in [-0.2, -0.15) is 5.26 Å². The summed E-state index contributed by atoms with van der Waals surface area (Å²) in [5.74, 6) is -0.0835. The van der Waals surface area contributed by atoms with Gasteiger partial charge in [0, 0.05) is 13.7 Å². The molecule has 0 aliphatic heterocycles. The highest BCUT2D eigenvalue weighted by Gasteiger charge is 2.16. The number of hydrogen-bond acceptors (Lipinski definition) is 4. The summed E-state index contributed by atoms with van der Waals surface area (Å²) in [6.07, 6.45) is 0. The standard InChI is InChI=1S/C9H17N3O2/c1-8(12(2)6-4-10)9(13)11-5-7-14-3/h8H,5-7H2,1-3H3,(H,11,13). The molecule has 80 valence electrons. The Morgan fingerprint density at radius 3 is 2.86 bits per heavy atom. The molecule has 1 unspecified atom stereocenters. The summed E-state index contributed by atoms with van der Waals surface area (Å²) in [6.45, 7) is 3.01. The van der Waals surface area contributed by atoms with Crippen molar-refractivity contribution in [2.75, 3.05) is 33.9 Å². The fourth-order valence-corrected chi connectivity index (χ4v) is 0.873. The molecule has 0 aromatic carbocycles. The molecule has 0 saturated carbocycles. The van der Waals surface area contributed by atoms with Gasteiger partial charge < -0.3 is 10.1 Å². The first kappa shape index (κ1) is 12.9. The van der Waals surface area contributed by atoms with E-state index >= 15 is 0 Å². The molecule has 0 fully saturated rings. The zero-order valence-electron chi connectivity index (χ0n) is 8.91. The molecule has 0 heterocycles. The molecule has 1 amide bonds. The number of carbonyl (C=O) groups excluding carboxylic acids is 1. The molecule has 0 aliphatic carbocycles. The fourth-order valence-electron chi connectivity index (χ4n) is 0.873. The van der Waals surface area contributed by atoms with Gasteiger partial charge >= 0.3 is 0 Å². The van der Waals surface area contributed by atoms with Gasteiger partial charge in [-0.05, 0) is 14.0 Å². The third-order valence-electron chi connectivity index (χ3n) is 1.97. The van der Waals surface area contributed by atoms with Gasteiger partial charge in [0.1, 0.15) is 0 Å². The Balaban J connectivity index is 3.81. The number of hydrogen-bond donors (Lipinski definition) is 1. The van der Waals surface area contributed by atoms with E-state index < -0.39 is 0 Å². The van der Waals surface area contributed by atoms with Crippen LogP contribution in [-0.4, -0.2) is 50.7 Å². The average molecular weight is 199 g/mol. The van der Waals surface area contributed by atoms with Gasteiger partial charge in [-0.15, -0.1) is 0 Å². The van der Waals surface area contributed by atoms with Crippen LogP contribution < -0.4 is 5.32 Å². The third kappa shape index (κ3) is 4.80. The molecule has 5 nitrogen and oxygen atoms in total. The fraction of sp³-hybridized carbons (Fsp3) is 0.778. The lowest BCUT2D eigenvalue weighted by molar-refractivity contribution is -0.125. The maximum Gasteiger partial charge on any atom is 0.237 e. The van der Waals surface area contributed by atoms with Crippen LogP contribution in [0.25, 0.3) is 0 Å². The minimum atomic E-state index is -0.286. The van der Waals surface area contributed by atoms with Gasteiger partial charge in [0.05, 0.1) is 25.3 Å². The van der Waals surface area contributed by atoms with E-state index in [0.29, 0.717) is 13.2 Å². The van der Waals surface area contributed by atoms with E-state index in [1.165, 1.54) is 0 Å². The van der Waals surface area contributed by atoms with Gasteiger partial charge in [-0.1, -0.05) is 0 Å². The van der Waals surface area contributed by atoms with Crippen molar-refractivity contribution in [3.63, 3.8) is 0 Å². The monoisotopic (exact) mass is 199 g/mol. The molecule has 0 saturated heterocycles. The number of nitriles is 1. The summed E-state index contributed by atoms with van der Waals surface area (Å²) in [6, 6.07) is 1.71. The molecule has 0 spiro atoms. The molecule has 0 rings (SSSR count). The highest BCUT2D eigenvalue weighted by atomic mass is 16.5. The Morgan fingerprint density at radius 1 is 1.71 bits per heavy atom. The average Bonchev–Trinajstić information content (AvgIpc) is 2.17. The Morgan fingerprint density at radius 2 is 2.36 bits per heavy atom. The summed E-state index contributed by atoms with van der Waals surface area (Å²) in [5.41, 5.74) is 0. The molecule has 5 heteroatoms. The van der Waals surface area contributed by atoms with Crippen molar-refractivity contribution in [3.05, 3.63) is 0 Å². The number of nitrogens with one attached hydrogen (secondary N) is 1. The van der Waals surface area contributed by atoms with Crippen LogP contribution >= 0.6 is 0 Å². The third-order valence-corrected chi connectivity index (χ3v) is 1.97. The molecule has 1 atom stereocenters. The first-order valence-corrected chi connectivity index (χ1v) is 4.47. The summed E-state index contributed by atoms with van der Waals surface area (Å²) in [7, 11) is 3.32. The van der Waals surface area contributed by atoms with Gasteiger partial charge in [0.15, 0.2) is 0 Å². The summed E-state index contributed by atoms with van der Waals surface area (Å²) < 4.78 is 4.80. The Kier molecular flexibility index (Phi) is 6.72. The number of methoxy groups -OCH3 is 1. The second-order valence-electron chi connectivity index (χ2n) is 3.03. The van der Waals surface area contributed by atoms with Gasteiger partial charge in [0.2, 0.25) is 5.91 Å². The number of likely N-dealkylation sites (N-methyl/N-ethyl adjacent to an activating group) is 1. The quantitative estimate of drug-likeness (QED) is 0.466. The number of ether oxygens (including phenoxy) is 1. The van der Waals surface area contributed by atoms with Crippen LogP contribution in [0.5, 0.6) is 0 Å². The lowest BCUT2D eigenvalue weighted by Gasteiger charge is -2.20. The molecular weight excluding hydrogens is 182 g/mol. The van der Waals surface area contributed by atoms with Crippen LogP contribution in [0.3, 0.4) is 0 Å². The van der Waals surface area contributed by atoms with Gasteiger partial charge in [-0.3, -0.25) is 9.69 Å². The summed E-state index contributed by atoms with van der Waals surface area (Å²) >= 11 is 0. The van der Waals surface area contributed by atoms with Crippen molar-refractivity contribution in [1.29, 1.82) is 5.26 Å². The van der Waals surface area contributed by atoms with E-state index in [1.807, 2.05) is 6.07 Å². The number of nitrogens with zero attached hydrogens (tertiary/aromatic N) is 2. The summed E-state index contributed by atoms with van der Waals surface area (Å²) in [4.78, 5) is 13.1. The molecule has 1 N–H and O–H groups in total. The van der Waals surface area contributed by atoms with Crippen LogP contribution in [0.4, 0.5) is 0 Å². The Hall–Kier alpha value is -1.12. The lowest BCUT2D eigenvalue weighted by atomic mass is 10.3. The predicted octanol–water partition coefficient (Wildman–Crippen LogP) is -0.407. The molecule has 14 heavy (non-hydrogen) atoms. The SMILES string of the molecule is COCCNC(=O)C(C)N(C)CC#N. The highest BCUT2D eigenvalue weighted by molar-refractivity contribution is 5.81.